The lowest BCUT2D eigenvalue weighted by molar-refractivity contribution is -0.134. The summed E-state index contributed by atoms with van der Waals surface area (Å²) in [4.78, 5) is 9.90. The predicted octanol–water partition coefficient (Wildman–Crippen LogP) is 0.0658. The van der Waals surface area contributed by atoms with Gasteiger partial charge >= 0.3 is 5.97 Å². The number of aliphatic hydroxyl groups excluding tert-OH is 1. The molecular formula is C3H5ClO3. The lowest BCUT2D eigenvalue weighted by Gasteiger charge is -1.86. The summed E-state index contributed by atoms with van der Waals surface area (Å²) in [5.74, 6) is -0.607. The van der Waals surface area contributed by atoms with Crippen molar-refractivity contribution in [1.29, 1.82) is 0 Å². The van der Waals surface area contributed by atoms with Crippen LogP contribution >= 0.6 is 11.9 Å². The summed E-state index contributed by atoms with van der Waals surface area (Å²) in [7, 11) is 0. The quantitative estimate of drug-likeness (QED) is 0.567. The van der Waals surface area contributed by atoms with Crippen LogP contribution in [0.4, 0.5) is 0 Å². The maximum Gasteiger partial charge on any atom is 0.327 e. The molecule has 0 radical (unpaired) electrons. The second-order valence-electron chi connectivity index (χ2n) is 0.923. The fourth-order valence-electron chi connectivity index (χ4n) is 0.130. The highest BCUT2D eigenvalue weighted by Gasteiger charge is 1.96. The molecule has 7 heavy (non-hydrogen) atoms. The molecule has 0 saturated carbocycles. The summed E-state index contributed by atoms with van der Waals surface area (Å²) in [5, 5.41) is 8.01. The van der Waals surface area contributed by atoms with Crippen LogP contribution in [0, 0.1) is 0 Å². The van der Waals surface area contributed by atoms with Gasteiger partial charge in [0.15, 0.2) is 0 Å². The van der Waals surface area contributed by atoms with Crippen LogP contribution in [0.15, 0.2) is 0 Å². The van der Waals surface area contributed by atoms with Gasteiger partial charge in [0.2, 0.25) is 0 Å². The molecule has 42 valence electrons. The average Bonchev–Trinajstić information content (AvgIpc) is 1.68. The smallest absolute Gasteiger partial charge is 0.327 e. The molecule has 0 saturated heterocycles. The maximum atomic E-state index is 9.90. The fraction of sp³-hybridized carbons (Fsp3) is 0.667. The number of carbonyl (C=O) groups excluding carboxylic acids is 1. The SMILES string of the molecule is O=C(CCO)OCl. The van der Waals surface area contributed by atoms with Crippen LogP contribution in [0.2, 0.25) is 0 Å². The summed E-state index contributed by atoms with van der Waals surface area (Å²) in [6, 6.07) is 0. The number of aliphatic hydroxyl groups is 1. The Kier molecular flexibility index (Phi) is 3.74. The number of carbonyl (C=O) groups is 1. The molecule has 0 unspecified atom stereocenters. The Morgan fingerprint density at radius 1 is 1.86 bits per heavy atom. The molecule has 0 aromatic rings. The van der Waals surface area contributed by atoms with Crippen molar-refractivity contribution in [1.82, 2.24) is 0 Å². The third kappa shape index (κ3) is 3.55. The molecule has 0 aromatic heterocycles. The van der Waals surface area contributed by atoms with Gasteiger partial charge in [0.1, 0.15) is 11.9 Å². The Bertz CT molecular complexity index is 63.2. The molecule has 0 fully saturated rings. The van der Waals surface area contributed by atoms with Gasteiger partial charge in [0, 0.05) is 0 Å². The molecule has 0 aromatic carbocycles. The molecule has 0 aliphatic rings. The average molecular weight is 125 g/mol. The minimum Gasteiger partial charge on any atom is -0.396 e. The van der Waals surface area contributed by atoms with Gasteiger partial charge in [-0.3, -0.25) is 4.79 Å². The monoisotopic (exact) mass is 124 g/mol. The Balaban J connectivity index is 3.00. The van der Waals surface area contributed by atoms with Crippen LogP contribution in [0.5, 0.6) is 0 Å². The van der Waals surface area contributed by atoms with E-state index in [1.807, 2.05) is 0 Å². The van der Waals surface area contributed by atoms with E-state index in [-0.39, 0.29) is 13.0 Å². The minimum absolute atomic E-state index is 0.0382. The van der Waals surface area contributed by atoms with E-state index < -0.39 is 5.97 Å². The van der Waals surface area contributed by atoms with Crippen molar-refractivity contribution in [2.24, 2.45) is 0 Å². The van der Waals surface area contributed by atoms with Gasteiger partial charge in [-0.2, -0.15) is 0 Å². The van der Waals surface area contributed by atoms with Gasteiger partial charge in [-0.25, -0.2) is 0 Å². The van der Waals surface area contributed by atoms with Crippen molar-refractivity contribution in [2.45, 2.75) is 6.42 Å². The third-order valence-electron chi connectivity index (χ3n) is 0.402. The van der Waals surface area contributed by atoms with Crippen molar-refractivity contribution >= 4 is 17.8 Å². The summed E-state index contributed by atoms with van der Waals surface area (Å²) in [6.45, 7) is -0.217. The number of rotatable bonds is 2. The van der Waals surface area contributed by atoms with E-state index in [4.69, 9.17) is 5.11 Å². The molecule has 0 aliphatic carbocycles. The van der Waals surface area contributed by atoms with Crippen LogP contribution < -0.4 is 0 Å². The van der Waals surface area contributed by atoms with Gasteiger partial charge in [-0.1, -0.05) is 0 Å². The van der Waals surface area contributed by atoms with E-state index >= 15 is 0 Å². The molecule has 0 spiro atoms. The van der Waals surface area contributed by atoms with E-state index in [0.29, 0.717) is 0 Å². The first-order chi connectivity index (χ1) is 3.31. The Morgan fingerprint density at radius 3 is 2.57 bits per heavy atom. The largest absolute Gasteiger partial charge is 0.396 e. The molecule has 0 bridgehead atoms. The van der Waals surface area contributed by atoms with Crippen LogP contribution in [0.25, 0.3) is 0 Å². The van der Waals surface area contributed by atoms with E-state index in [0.717, 1.165) is 0 Å². The molecule has 0 rings (SSSR count). The zero-order valence-electron chi connectivity index (χ0n) is 3.56. The number of hydrogen-bond acceptors (Lipinski definition) is 3. The number of halogens is 1. The van der Waals surface area contributed by atoms with E-state index in [1.165, 1.54) is 0 Å². The van der Waals surface area contributed by atoms with Gasteiger partial charge in [0.05, 0.1) is 13.0 Å². The standard InChI is InChI=1S/C3H5ClO3/c4-7-3(6)1-2-5/h5H,1-2H2. The summed E-state index contributed by atoms with van der Waals surface area (Å²) >= 11 is 4.57. The highest BCUT2D eigenvalue weighted by molar-refractivity contribution is 6.13. The maximum absolute atomic E-state index is 9.90. The molecule has 4 heteroatoms. The Hall–Kier alpha value is -0.280. The van der Waals surface area contributed by atoms with Crippen molar-refractivity contribution in [3.63, 3.8) is 0 Å². The Morgan fingerprint density at radius 2 is 2.43 bits per heavy atom. The van der Waals surface area contributed by atoms with Crippen molar-refractivity contribution in [2.75, 3.05) is 6.61 Å². The van der Waals surface area contributed by atoms with E-state index in [2.05, 4.69) is 16.2 Å². The van der Waals surface area contributed by atoms with Crippen molar-refractivity contribution < 1.29 is 14.2 Å². The van der Waals surface area contributed by atoms with Gasteiger partial charge in [0.25, 0.3) is 0 Å². The predicted molar refractivity (Wildman–Crippen MR) is 23.6 cm³/mol. The molecule has 1 N–H and O–H groups in total. The lowest BCUT2D eigenvalue weighted by atomic mass is 10.5. The first kappa shape index (κ1) is 6.72. The molecule has 0 atom stereocenters. The molecule has 0 amide bonds. The topological polar surface area (TPSA) is 46.5 Å². The van der Waals surface area contributed by atoms with Crippen LogP contribution in [0.3, 0.4) is 0 Å². The highest BCUT2D eigenvalue weighted by Crippen LogP contribution is 1.85. The summed E-state index contributed by atoms with van der Waals surface area (Å²) in [6.07, 6.45) is -0.0382. The summed E-state index contributed by atoms with van der Waals surface area (Å²) < 4.78 is 3.66. The molecular weight excluding hydrogens is 119 g/mol. The molecule has 3 nitrogen and oxygen atoms in total. The first-order valence-electron chi connectivity index (χ1n) is 1.73. The third-order valence-corrected chi connectivity index (χ3v) is 0.574. The van der Waals surface area contributed by atoms with E-state index in [1.54, 1.807) is 0 Å². The summed E-state index contributed by atoms with van der Waals surface area (Å²) in [5.41, 5.74) is 0. The minimum atomic E-state index is -0.607. The van der Waals surface area contributed by atoms with Gasteiger partial charge < -0.3 is 9.40 Å². The lowest BCUT2D eigenvalue weighted by Crippen LogP contribution is -1.98. The second kappa shape index (κ2) is 3.89. The van der Waals surface area contributed by atoms with Crippen molar-refractivity contribution in [3.05, 3.63) is 0 Å². The van der Waals surface area contributed by atoms with Crippen molar-refractivity contribution in [3.8, 4) is 0 Å². The molecule has 0 heterocycles. The van der Waals surface area contributed by atoms with Crippen LogP contribution in [-0.4, -0.2) is 17.7 Å². The van der Waals surface area contributed by atoms with Gasteiger partial charge in [-0.05, 0) is 0 Å². The first-order valence-corrected chi connectivity index (χ1v) is 2.04. The second-order valence-corrected chi connectivity index (χ2v) is 1.08. The van der Waals surface area contributed by atoms with Crippen LogP contribution in [0.1, 0.15) is 6.42 Å². The van der Waals surface area contributed by atoms with Gasteiger partial charge in [-0.15, -0.1) is 0 Å². The zero-order valence-corrected chi connectivity index (χ0v) is 4.31. The normalized spacial score (nSPS) is 8.29. The molecule has 0 aliphatic heterocycles. The highest BCUT2D eigenvalue weighted by atomic mass is 35.5. The van der Waals surface area contributed by atoms with E-state index in [9.17, 15) is 4.79 Å². The zero-order chi connectivity index (χ0) is 5.70. The Labute approximate surface area is 46.0 Å². The number of hydrogen-bond donors (Lipinski definition) is 1. The fourth-order valence-corrected chi connectivity index (χ4v) is 0.207. The van der Waals surface area contributed by atoms with Crippen LogP contribution in [-0.2, 0) is 9.08 Å².